The summed E-state index contributed by atoms with van der Waals surface area (Å²) in [6.45, 7) is 1.67. The summed E-state index contributed by atoms with van der Waals surface area (Å²) >= 11 is 0. The Hall–Kier alpha value is -4.21. The number of aromatic nitrogens is 4. The van der Waals surface area contributed by atoms with E-state index in [1.165, 1.54) is 0 Å². The number of ether oxygens (including phenoxy) is 1. The van der Waals surface area contributed by atoms with E-state index in [-0.39, 0.29) is 17.7 Å². The van der Waals surface area contributed by atoms with Crippen LogP contribution in [0.15, 0.2) is 48.8 Å². The number of rotatable bonds is 4. The smallest absolute Gasteiger partial charge is 0.265 e. The van der Waals surface area contributed by atoms with Gasteiger partial charge in [-0.25, -0.2) is 9.37 Å². The summed E-state index contributed by atoms with van der Waals surface area (Å²) in [7, 11) is 1.86. The number of hydrogen-bond acceptors (Lipinski definition) is 7. The number of anilines is 5. The fourth-order valence-corrected chi connectivity index (χ4v) is 3.29. The van der Waals surface area contributed by atoms with Crippen molar-refractivity contribution in [3.8, 4) is 5.75 Å². The maximum absolute atomic E-state index is 14.3. The minimum absolute atomic E-state index is 0.00418. The van der Waals surface area contributed by atoms with Crippen LogP contribution < -0.4 is 20.7 Å². The molecule has 0 aliphatic carbocycles. The van der Waals surface area contributed by atoms with E-state index in [1.807, 2.05) is 25.2 Å². The van der Waals surface area contributed by atoms with Crippen LogP contribution >= 0.6 is 0 Å². The number of nitrogens with zero attached hydrogens (tertiary/aromatic N) is 4. The molecule has 9 nitrogen and oxygen atoms in total. The number of benzene rings is 2. The number of hydrogen-bond donors (Lipinski definition) is 3. The first-order chi connectivity index (χ1) is 15.0. The average molecular weight is 419 g/mol. The maximum atomic E-state index is 14.3. The molecule has 10 heteroatoms. The van der Waals surface area contributed by atoms with Crippen LogP contribution in [0.4, 0.5) is 33.2 Å². The second kappa shape index (κ2) is 7.24. The number of amides is 1. The lowest BCUT2D eigenvalue weighted by atomic mass is 10.2. The Kier molecular flexibility index (Phi) is 4.39. The Balaban J connectivity index is 1.39. The number of halogens is 1. The third kappa shape index (κ3) is 3.59. The number of aryl methyl sites for hydroxylation is 1. The van der Waals surface area contributed by atoms with Gasteiger partial charge < -0.3 is 20.7 Å². The Morgan fingerprint density at radius 3 is 2.81 bits per heavy atom. The molecule has 1 aliphatic rings. The second-order valence-corrected chi connectivity index (χ2v) is 7.14. The van der Waals surface area contributed by atoms with Crippen LogP contribution in [0.5, 0.6) is 5.75 Å². The molecule has 3 N–H and O–H groups in total. The van der Waals surface area contributed by atoms with Crippen LogP contribution in [0, 0.1) is 5.82 Å². The molecule has 1 amide bonds. The lowest BCUT2D eigenvalue weighted by Crippen LogP contribution is -2.34. The minimum Gasteiger partial charge on any atom is -0.479 e. The third-order valence-corrected chi connectivity index (χ3v) is 4.92. The highest BCUT2D eigenvalue weighted by molar-refractivity contribution is 5.98. The average Bonchev–Trinajstić information content (AvgIpc) is 3.12. The number of carbonyl (C=O) groups excluding carboxylic acids is 1. The van der Waals surface area contributed by atoms with Crippen molar-refractivity contribution >= 4 is 45.6 Å². The molecule has 2 aromatic heterocycles. The first kappa shape index (κ1) is 18.8. The van der Waals surface area contributed by atoms with Crippen molar-refractivity contribution in [1.82, 2.24) is 19.7 Å². The summed E-state index contributed by atoms with van der Waals surface area (Å²) in [6.07, 6.45) is 2.30. The molecule has 156 valence electrons. The van der Waals surface area contributed by atoms with Crippen LogP contribution in [0.1, 0.15) is 6.92 Å². The Labute approximate surface area is 176 Å². The summed E-state index contributed by atoms with van der Waals surface area (Å²) in [6, 6.07) is 10.8. The molecule has 0 bridgehead atoms. The predicted octanol–water partition coefficient (Wildman–Crippen LogP) is 3.71. The van der Waals surface area contributed by atoms with E-state index in [9.17, 15) is 9.18 Å². The van der Waals surface area contributed by atoms with Gasteiger partial charge in [0.1, 0.15) is 5.75 Å². The fourth-order valence-electron chi connectivity index (χ4n) is 3.29. The zero-order chi connectivity index (χ0) is 21.5. The largest absolute Gasteiger partial charge is 0.479 e. The molecule has 0 unspecified atom stereocenters. The Morgan fingerprint density at radius 1 is 1.13 bits per heavy atom. The van der Waals surface area contributed by atoms with Gasteiger partial charge in [-0.2, -0.15) is 10.1 Å². The molecule has 0 saturated carbocycles. The molecular weight excluding hydrogens is 401 g/mol. The normalized spacial score (nSPS) is 15.2. The van der Waals surface area contributed by atoms with E-state index in [4.69, 9.17) is 4.74 Å². The monoisotopic (exact) mass is 419 g/mol. The highest BCUT2D eigenvalue weighted by Crippen LogP contribution is 2.33. The van der Waals surface area contributed by atoms with Gasteiger partial charge in [-0.05, 0) is 43.3 Å². The van der Waals surface area contributed by atoms with Gasteiger partial charge in [-0.1, -0.05) is 0 Å². The van der Waals surface area contributed by atoms with Gasteiger partial charge in [-0.15, -0.1) is 0 Å². The predicted molar refractivity (Wildman–Crippen MR) is 114 cm³/mol. The van der Waals surface area contributed by atoms with E-state index < -0.39 is 11.9 Å². The Bertz CT molecular complexity index is 1320. The Morgan fingerprint density at radius 2 is 1.94 bits per heavy atom. The molecule has 31 heavy (non-hydrogen) atoms. The van der Waals surface area contributed by atoms with Crippen molar-refractivity contribution in [3.63, 3.8) is 0 Å². The summed E-state index contributed by atoms with van der Waals surface area (Å²) in [5.74, 6) is -0.0768. The van der Waals surface area contributed by atoms with Crippen molar-refractivity contribution in [1.29, 1.82) is 0 Å². The summed E-state index contributed by atoms with van der Waals surface area (Å²) in [4.78, 5) is 20.1. The van der Waals surface area contributed by atoms with Gasteiger partial charge in [0.15, 0.2) is 17.7 Å². The molecule has 5 rings (SSSR count). The molecule has 2 aromatic carbocycles. The first-order valence-electron chi connectivity index (χ1n) is 9.56. The quantitative estimate of drug-likeness (QED) is 0.463. The van der Waals surface area contributed by atoms with Gasteiger partial charge in [0.2, 0.25) is 5.95 Å². The van der Waals surface area contributed by atoms with Crippen LogP contribution in [-0.2, 0) is 11.8 Å². The summed E-state index contributed by atoms with van der Waals surface area (Å²) in [5, 5.41) is 14.0. The van der Waals surface area contributed by atoms with Crippen LogP contribution in [0.2, 0.25) is 0 Å². The van der Waals surface area contributed by atoms with Crippen molar-refractivity contribution in [2.75, 3.05) is 16.0 Å². The lowest BCUT2D eigenvalue weighted by Gasteiger charge is -2.23. The van der Waals surface area contributed by atoms with Crippen molar-refractivity contribution in [3.05, 3.63) is 54.6 Å². The van der Waals surface area contributed by atoms with E-state index >= 15 is 0 Å². The van der Waals surface area contributed by atoms with Crippen LogP contribution in [0.25, 0.3) is 10.9 Å². The van der Waals surface area contributed by atoms with Gasteiger partial charge in [-0.3, -0.25) is 9.48 Å². The van der Waals surface area contributed by atoms with E-state index in [2.05, 4.69) is 31.0 Å². The molecule has 0 saturated heterocycles. The van der Waals surface area contributed by atoms with Crippen LogP contribution in [0.3, 0.4) is 0 Å². The topological polar surface area (TPSA) is 106 Å². The van der Waals surface area contributed by atoms with Crippen molar-refractivity contribution in [2.24, 2.45) is 7.05 Å². The van der Waals surface area contributed by atoms with Gasteiger partial charge in [0.25, 0.3) is 5.91 Å². The molecule has 0 spiro atoms. The third-order valence-electron chi connectivity index (χ3n) is 4.92. The molecular formula is C21H18FN7O2. The molecule has 0 fully saturated rings. The first-order valence-corrected chi connectivity index (χ1v) is 9.56. The van der Waals surface area contributed by atoms with E-state index in [0.717, 1.165) is 22.8 Å². The number of nitrogens with one attached hydrogen (secondary N) is 3. The molecule has 3 heterocycles. The lowest BCUT2D eigenvalue weighted by molar-refractivity contribution is -0.122. The standard InChI is InChI=1S/C21H18FN7O2/c1-11-20(30)27-16-7-13(5-6-18(16)31-11)25-19-15(22)10-23-21(28-19)26-14-4-3-12-9-24-29(2)17(12)8-14/h3-11H,1-2H3,(H,27,30)(H2,23,25,26,28)/t11-/m1/s1. The minimum atomic E-state index is -0.612. The zero-order valence-corrected chi connectivity index (χ0v) is 16.7. The van der Waals surface area contributed by atoms with Crippen molar-refractivity contribution in [2.45, 2.75) is 13.0 Å². The van der Waals surface area contributed by atoms with Crippen LogP contribution in [-0.4, -0.2) is 31.8 Å². The molecule has 1 aliphatic heterocycles. The summed E-state index contributed by atoms with van der Waals surface area (Å²) in [5.41, 5.74) is 2.73. The summed E-state index contributed by atoms with van der Waals surface area (Å²) < 4.78 is 21.6. The SMILES string of the molecule is C[C@H]1Oc2ccc(Nc3nc(Nc4ccc5cnn(C)c5c4)ncc3F)cc2NC1=O. The maximum Gasteiger partial charge on any atom is 0.265 e. The fraction of sp³-hybridized carbons (Fsp3) is 0.143. The van der Waals surface area contributed by atoms with E-state index in [0.29, 0.717) is 17.1 Å². The zero-order valence-electron chi connectivity index (χ0n) is 16.7. The second-order valence-electron chi connectivity index (χ2n) is 7.14. The van der Waals surface area contributed by atoms with E-state index in [1.54, 1.807) is 36.0 Å². The highest BCUT2D eigenvalue weighted by Gasteiger charge is 2.23. The van der Waals surface area contributed by atoms with Crippen molar-refractivity contribution < 1.29 is 13.9 Å². The van der Waals surface area contributed by atoms with Gasteiger partial charge >= 0.3 is 0 Å². The molecule has 4 aromatic rings. The van der Waals surface area contributed by atoms with Gasteiger partial charge in [0.05, 0.1) is 23.6 Å². The highest BCUT2D eigenvalue weighted by atomic mass is 19.1. The van der Waals surface area contributed by atoms with Gasteiger partial charge in [0, 0.05) is 23.8 Å². The number of carbonyl (C=O) groups is 1. The molecule has 0 radical (unpaired) electrons. The molecule has 1 atom stereocenters. The number of fused-ring (bicyclic) bond motifs is 2.